The van der Waals surface area contributed by atoms with Crippen molar-refractivity contribution < 1.29 is 9.26 Å². The number of aromatic nitrogens is 3. The molecule has 0 aromatic carbocycles. The van der Waals surface area contributed by atoms with Crippen LogP contribution < -0.4 is 10.6 Å². The van der Waals surface area contributed by atoms with Crippen LogP contribution in [0.1, 0.15) is 11.6 Å². The second-order valence-corrected chi connectivity index (χ2v) is 3.57. The molecule has 2 N–H and O–H groups in total. The predicted octanol–water partition coefficient (Wildman–Crippen LogP) is 1.26. The SMILES string of the molecule is CNc1cc(NCc2ccno2)nc(COC)n1. The topological polar surface area (TPSA) is 85.1 Å². The molecule has 0 saturated heterocycles. The maximum absolute atomic E-state index is 5.02. The van der Waals surface area contributed by atoms with Crippen molar-refractivity contribution >= 4 is 11.6 Å². The Bertz CT molecular complexity index is 486. The molecule has 7 nitrogen and oxygen atoms in total. The first-order valence-electron chi connectivity index (χ1n) is 5.50. The van der Waals surface area contributed by atoms with E-state index in [9.17, 15) is 0 Å². The molecule has 2 aromatic heterocycles. The lowest BCUT2D eigenvalue weighted by Gasteiger charge is -2.08. The molecule has 0 radical (unpaired) electrons. The molecule has 0 aliphatic heterocycles. The highest BCUT2D eigenvalue weighted by molar-refractivity contribution is 5.47. The third-order valence-electron chi connectivity index (χ3n) is 2.24. The van der Waals surface area contributed by atoms with Crippen molar-refractivity contribution in [2.24, 2.45) is 0 Å². The monoisotopic (exact) mass is 249 g/mol. The van der Waals surface area contributed by atoms with E-state index in [4.69, 9.17) is 9.26 Å². The highest BCUT2D eigenvalue weighted by atomic mass is 16.5. The zero-order valence-electron chi connectivity index (χ0n) is 10.3. The van der Waals surface area contributed by atoms with Crippen LogP contribution in [0.25, 0.3) is 0 Å². The van der Waals surface area contributed by atoms with Crippen LogP contribution in [0.2, 0.25) is 0 Å². The van der Waals surface area contributed by atoms with Gasteiger partial charge in [-0.25, -0.2) is 9.97 Å². The zero-order chi connectivity index (χ0) is 12.8. The summed E-state index contributed by atoms with van der Waals surface area (Å²) in [6.45, 7) is 0.888. The fourth-order valence-corrected chi connectivity index (χ4v) is 1.42. The molecule has 0 fully saturated rings. The van der Waals surface area contributed by atoms with Crippen molar-refractivity contribution in [1.82, 2.24) is 15.1 Å². The van der Waals surface area contributed by atoms with E-state index >= 15 is 0 Å². The molecule has 2 rings (SSSR count). The van der Waals surface area contributed by atoms with Gasteiger partial charge in [-0.3, -0.25) is 0 Å². The van der Waals surface area contributed by atoms with Gasteiger partial charge in [-0.05, 0) is 0 Å². The van der Waals surface area contributed by atoms with E-state index in [-0.39, 0.29) is 0 Å². The van der Waals surface area contributed by atoms with Crippen molar-refractivity contribution in [3.05, 3.63) is 29.9 Å². The summed E-state index contributed by atoms with van der Waals surface area (Å²) in [5.74, 6) is 2.80. The van der Waals surface area contributed by atoms with Gasteiger partial charge in [0.1, 0.15) is 18.2 Å². The van der Waals surface area contributed by atoms with E-state index in [0.29, 0.717) is 24.8 Å². The quantitative estimate of drug-likeness (QED) is 0.797. The molecule has 0 aliphatic carbocycles. The number of anilines is 2. The molecule has 0 amide bonds. The van der Waals surface area contributed by atoms with E-state index < -0.39 is 0 Å². The molecule has 0 spiro atoms. The van der Waals surface area contributed by atoms with E-state index in [0.717, 1.165) is 11.6 Å². The lowest BCUT2D eigenvalue weighted by atomic mass is 10.4. The molecular formula is C11H15N5O2. The molecule has 0 bridgehead atoms. The summed E-state index contributed by atoms with van der Waals surface area (Å²) in [4.78, 5) is 8.58. The van der Waals surface area contributed by atoms with Gasteiger partial charge in [0.2, 0.25) is 0 Å². The molecule has 0 atom stereocenters. The molecular weight excluding hydrogens is 234 g/mol. The third kappa shape index (κ3) is 3.17. The summed E-state index contributed by atoms with van der Waals surface area (Å²) in [5, 5.41) is 9.75. The van der Waals surface area contributed by atoms with Crippen molar-refractivity contribution in [2.75, 3.05) is 24.8 Å². The Morgan fingerprint density at radius 3 is 2.83 bits per heavy atom. The van der Waals surface area contributed by atoms with Crippen LogP contribution in [-0.4, -0.2) is 29.3 Å². The van der Waals surface area contributed by atoms with Gasteiger partial charge in [0.25, 0.3) is 0 Å². The van der Waals surface area contributed by atoms with Crippen LogP contribution in [-0.2, 0) is 17.9 Å². The summed E-state index contributed by atoms with van der Waals surface area (Å²) in [7, 11) is 3.41. The molecule has 0 unspecified atom stereocenters. The van der Waals surface area contributed by atoms with Gasteiger partial charge < -0.3 is 19.9 Å². The van der Waals surface area contributed by atoms with Crippen LogP contribution in [0.3, 0.4) is 0 Å². The van der Waals surface area contributed by atoms with Gasteiger partial charge in [0, 0.05) is 26.3 Å². The zero-order valence-corrected chi connectivity index (χ0v) is 10.3. The molecule has 96 valence electrons. The number of hydrogen-bond acceptors (Lipinski definition) is 7. The molecule has 2 aromatic rings. The van der Waals surface area contributed by atoms with Crippen LogP contribution in [0, 0.1) is 0 Å². The van der Waals surface area contributed by atoms with Crippen molar-refractivity contribution in [1.29, 1.82) is 0 Å². The van der Waals surface area contributed by atoms with Gasteiger partial charge in [0.15, 0.2) is 11.6 Å². The molecule has 2 heterocycles. The van der Waals surface area contributed by atoms with Crippen LogP contribution in [0.4, 0.5) is 11.6 Å². The second-order valence-electron chi connectivity index (χ2n) is 3.57. The minimum absolute atomic E-state index is 0.368. The molecule has 0 saturated carbocycles. The van der Waals surface area contributed by atoms with Crippen LogP contribution >= 0.6 is 0 Å². The summed E-state index contributed by atoms with van der Waals surface area (Å²) in [6.07, 6.45) is 1.60. The van der Waals surface area contributed by atoms with Crippen LogP contribution in [0.15, 0.2) is 22.9 Å². The Morgan fingerprint density at radius 1 is 1.33 bits per heavy atom. The highest BCUT2D eigenvalue weighted by Crippen LogP contribution is 2.12. The van der Waals surface area contributed by atoms with Crippen molar-refractivity contribution in [3.8, 4) is 0 Å². The summed E-state index contributed by atoms with van der Waals surface area (Å²) >= 11 is 0. The van der Waals surface area contributed by atoms with Gasteiger partial charge in [-0.15, -0.1) is 0 Å². The van der Waals surface area contributed by atoms with E-state index in [1.54, 1.807) is 26.4 Å². The van der Waals surface area contributed by atoms with E-state index in [1.807, 2.05) is 6.07 Å². The summed E-state index contributed by atoms with van der Waals surface area (Å²) in [5.41, 5.74) is 0. The van der Waals surface area contributed by atoms with E-state index in [1.165, 1.54) is 0 Å². The van der Waals surface area contributed by atoms with Crippen LogP contribution in [0.5, 0.6) is 0 Å². The Kier molecular flexibility index (Phi) is 4.08. The summed E-state index contributed by atoms with van der Waals surface area (Å²) in [6, 6.07) is 3.61. The van der Waals surface area contributed by atoms with Crippen molar-refractivity contribution in [2.45, 2.75) is 13.2 Å². The molecule has 0 aliphatic rings. The largest absolute Gasteiger partial charge is 0.377 e. The number of methoxy groups -OCH3 is 1. The number of hydrogen-bond donors (Lipinski definition) is 2. The Balaban J connectivity index is 2.08. The first-order valence-corrected chi connectivity index (χ1v) is 5.50. The Hall–Kier alpha value is -2.15. The normalized spacial score (nSPS) is 10.3. The minimum Gasteiger partial charge on any atom is -0.377 e. The average molecular weight is 249 g/mol. The molecule has 7 heteroatoms. The van der Waals surface area contributed by atoms with Gasteiger partial charge >= 0.3 is 0 Å². The number of rotatable bonds is 6. The smallest absolute Gasteiger partial charge is 0.158 e. The minimum atomic E-state index is 0.368. The number of nitrogens with one attached hydrogen (secondary N) is 2. The first kappa shape index (κ1) is 12.3. The fraction of sp³-hybridized carbons (Fsp3) is 0.364. The highest BCUT2D eigenvalue weighted by Gasteiger charge is 2.04. The van der Waals surface area contributed by atoms with Gasteiger partial charge in [-0.1, -0.05) is 5.16 Å². The van der Waals surface area contributed by atoms with Gasteiger partial charge in [-0.2, -0.15) is 0 Å². The standard InChI is InChI=1S/C11H15N5O2/c1-12-9-5-10(16-11(15-9)7-17-2)13-6-8-3-4-14-18-8/h3-5H,6-7H2,1-2H3,(H2,12,13,15,16). The third-order valence-corrected chi connectivity index (χ3v) is 2.24. The fourth-order valence-electron chi connectivity index (χ4n) is 1.42. The second kappa shape index (κ2) is 5.97. The Labute approximate surface area is 105 Å². The maximum atomic E-state index is 5.02. The lowest BCUT2D eigenvalue weighted by molar-refractivity contribution is 0.178. The van der Waals surface area contributed by atoms with Crippen molar-refractivity contribution in [3.63, 3.8) is 0 Å². The average Bonchev–Trinajstić information content (AvgIpc) is 2.89. The number of nitrogens with zero attached hydrogens (tertiary/aromatic N) is 3. The number of ether oxygens (including phenoxy) is 1. The van der Waals surface area contributed by atoms with Gasteiger partial charge in [0.05, 0.1) is 12.7 Å². The first-order chi connectivity index (χ1) is 8.81. The lowest BCUT2D eigenvalue weighted by Crippen LogP contribution is -2.07. The van der Waals surface area contributed by atoms with E-state index in [2.05, 4.69) is 25.8 Å². The Morgan fingerprint density at radius 2 is 2.17 bits per heavy atom. The molecule has 18 heavy (non-hydrogen) atoms. The summed E-state index contributed by atoms with van der Waals surface area (Å²) < 4.78 is 10.0. The predicted molar refractivity (Wildman–Crippen MR) is 66.1 cm³/mol. The maximum Gasteiger partial charge on any atom is 0.158 e.